The minimum absolute atomic E-state index is 0.180. The fraction of sp³-hybridized carbons (Fsp3) is 1.00. The second-order valence-corrected chi connectivity index (χ2v) is 6.00. The van der Waals surface area contributed by atoms with Crippen molar-refractivity contribution in [3.8, 4) is 0 Å². The summed E-state index contributed by atoms with van der Waals surface area (Å²) in [7, 11) is 0. The first-order valence-electron chi connectivity index (χ1n) is 5.36. The second-order valence-electron chi connectivity index (χ2n) is 6.00. The molecule has 2 nitrogen and oxygen atoms in total. The largest absolute Gasteiger partial charge is 0.386 e. The van der Waals surface area contributed by atoms with E-state index < -0.39 is 5.60 Å². The Morgan fingerprint density at radius 3 is 1.50 bits per heavy atom. The maximum Gasteiger partial charge on any atom is 0.0975 e. The standard InChI is InChI=1S/C12H26O2/c1-8-14-9-12(13,10(2,3)4)11(5,6)7/h13H,8-9H2,1-7H3. The molecule has 0 aliphatic heterocycles. The van der Waals surface area contributed by atoms with Gasteiger partial charge in [-0.25, -0.2) is 0 Å². The minimum atomic E-state index is -0.796. The van der Waals surface area contributed by atoms with Gasteiger partial charge in [-0.15, -0.1) is 0 Å². The molecule has 0 atom stereocenters. The Bertz CT molecular complexity index is 158. The van der Waals surface area contributed by atoms with E-state index in [-0.39, 0.29) is 10.8 Å². The third-order valence-corrected chi connectivity index (χ3v) is 3.00. The number of hydrogen-bond donors (Lipinski definition) is 1. The Balaban J connectivity index is 4.87. The average molecular weight is 202 g/mol. The molecule has 0 bridgehead atoms. The van der Waals surface area contributed by atoms with E-state index in [9.17, 15) is 5.11 Å². The first-order valence-corrected chi connectivity index (χ1v) is 5.36. The highest BCUT2D eigenvalue weighted by Gasteiger charge is 2.49. The van der Waals surface area contributed by atoms with Crippen LogP contribution in [0.15, 0.2) is 0 Å². The summed E-state index contributed by atoms with van der Waals surface area (Å²) < 4.78 is 5.40. The monoisotopic (exact) mass is 202 g/mol. The number of aliphatic hydroxyl groups is 1. The maximum atomic E-state index is 10.7. The van der Waals surface area contributed by atoms with Gasteiger partial charge in [0.05, 0.1) is 12.2 Å². The first kappa shape index (κ1) is 13.9. The van der Waals surface area contributed by atoms with Gasteiger partial charge >= 0.3 is 0 Å². The predicted octanol–water partition coefficient (Wildman–Crippen LogP) is 2.85. The lowest BCUT2D eigenvalue weighted by Crippen LogP contribution is -2.56. The molecule has 14 heavy (non-hydrogen) atoms. The van der Waals surface area contributed by atoms with E-state index in [2.05, 4.69) is 41.5 Å². The van der Waals surface area contributed by atoms with E-state index in [1.54, 1.807) is 0 Å². The summed E-state index contributed by atoms with van der Waals surface area (Å²) in [6.45, 7) is 15.3. The first-order chi connectivity index (χ1) is 6.06. The van der Waals surface area contributed by atoms with Crippen LogP contribution in [-0.4, -0.2) is 23.9 Å². The molecule has 0 aliphatic rings. The van der Waals surface area contributed by atoms with Gasteiger partial charge in [0, 0.05) is 6.61 Å². The van der Waals surface area contributed by atoms with E-state index in [1.165, 1.54) is 0 Å². The summed E-state index contributed by atoms with van der Waals surface area (Å²) in [6.07, 6.45) is 0. The summed E-state index contributed by atoms with van der Waals surface area (Å²) in [5.74, 6) is 0. The van der Waals surface area contributed by atoms with Crippen LogP contribution < -0.4 is 0 Å². The number of rotatable bonds is 3. The molecule has 86 valence electrons. The molecule has 2 heteroatoms. The lowest BCUT2D eigenvalue weighted by Gasteiger charge is -2.49. The van der Waals surface area contributed by atoms with Crippen LogP contribution in [0.1, 0.15) is 48.5 Å². The molecule has 1 N–H and O–H groups in total. The molecular weight excluding hydrogens is 176 g/mol. The topological polar surface area (TPSA) is 29.5 Å². The van der Waals surface area contributed by atoms with Gasteiger partial charge in [0.1, 0.15) is 0 Å². The quantitative estimate of drug-likeness (QED) is 0.762. The minimum Gasteiger partial charge on any atom is -0.386 e. The summed E-state index contributed by atoms with van der Waals surface area (Å²) in [4.78, 5) is 0. The Morgan fingerprint density at radius 1 is 0.929 bits per heavy atom. The van der Waals surface area contributed by atoms with Crippen molar-refractivity contribution in [1.29, 1.82) is 0 Å². The van der Waals surface area contributed by atoms with Crippen LogP contribution in [0, 0.1) is 10.8 Å². The van der Waals surface area contributed by atoms with Gasteiger partial charge in [0.15, 0.2) is 0 Å². The van der Waals surface area contributed by atoms with E-state index in [1.807, 2.05) is 6.92 Å². The van der Waals surface area contributed by atoms with Crippen molar-refractivity contribution in [2.75, 3.05) is 13.2 Å². The van der Waals surface area contributed by atoms with Gasteiger partial charge in [-0.2, -0.15) is 0 Å². The van der Waals surface area contributed by atoms with E-state index in [0.29, 0.717) is 13.2 Å². The molecule has 0 aromatic carbocycles. The third-order valence-electron chi connectivity index (χ3n) is 3.00. The Kier molecular flexibility index (Phi) is 4.17. The van der Waals surface area contributed by atoms with Gasteiger partial charge in [-0.05, 0) is 17.8 Å². The van der Waals surface area contributed by atoms with Crippen molar-refractivity contribution in [3.05, 3.63) is 0 Å². The predicted molar refractivity (Wildman–Crippen MR) is 60.4 cm³/mol. The maximum absolute atomic E-state index is 10.7. The molecule has 0 unspecified atom stereocenters. The summed E-state index contributed by atoms with van der Waals surface area (Å²) in [5, 5.41) is 10.7. The molecule has 0 heterocycles. The summed E-state index contributed by atoms with van der Waals surface area (Å²) in [5.41, 5.74) is -1.16. The fourth-order valence-corrected chi connectivity index (χ4v) is 1.81. The Morgan fingerprint density at radius 2 is 1.29 bits per heavy atom. The van der Waals surface area contributed by atoms with Gasteiger partial charge < -0.3 is 9.84 Å². The Hall–Kier alpha value is -0.0800. The molecular formula is C12H26O2. The number of ether oxygens (including phenoxy) is 1. The van der Waals surface area contributed by atoms with Crippen LogP contribution in [-0.2, 0) is 4.74 Å². The van der Waals surface area contributed by atoms with Crippen molar-refractivity contribution in [3.63, 3.8) is 0 Å². The zero-order chi connectivity index (χ0) is 11.6. The van der Waals surface area contributed by atoms with E-state index in [4.69, 9.17) is 4.74 Å². The molecule has 0 aromatic rings. The van der Waals surface area contributed by atoms with E-state index >= 15 is 0 Å². The molecule has 0 aliphatic carbocycles. The number of hydrogen-bond acceptors (Lipinski definition) is 2. The molecule has 0 aromatic heterocycles. The summed E-state index contributed by atoms with van der Waals surface area (Å²) in [6, 6.07) is 0. The SMILES string of the molecule is CCOCC(O)(C(C)(C)C)C(C)(C)C. The lowest BCUT2D eigenvalue weighted by atomic mass is 9.63. The van der Waals surface area contributed by atoms with E-state index in [0.717, 1.165) is 0 Å². The van der Waals surface area contributed by atoms with Crippen LogP contribution in [0.4, 0.5) is 0 Å². The van der Waals surface area contributed by atoms with Crippen LogP contribution >= 0.6 is 0 Å². The van der Waals surface area contributed by atoms with Gasteiger partial charge in [-0.3, -0.25) is 0 Å². The third kappa shape index (κ3) is 2.71. The zero-order valence-corrected chi connectivity index (χ0v) is 10.8. The lowest BCUT2D eigenvalue weighted by molar-refractivity contribution is -0.174. The van der Waals surface area contributed by atoms with Crippen molar-refractivity contribution in [1.82, 2.24) is 0 Å². The molecule has 0 saturated heterocycles. The highest BCUT2D eigenvalue weighted by Crippen LogP contribution is 2.43. The molecule has 0 radical (unpaired) electrons. The normalized spacial score (nSPS) is 14.6. The fourth-order valence-electron chi connectivity index (χ4n) is 1.81. The van der Waals surface area contributed by atoms with Crippen LogP contribution in [0.3, 0.4) is 0 Å². The smallest absolute Gasteiger partial charge is 0.0975 e. The van der Waals surface area contributed by atoms with Crippen molar-refractivity contribution in [2.24, 2.45) is 10.8 Å². The zero-order valence-electron chi connectivity index (χ0n) is 10.8. The second kappa shape index (κ2) is 4.19. The highest BCUT2D eigenvalue weighted by atomic mass is 16.5. The molecule has 0 saturated carbocycles. The molecule has 0 spiro atoms. The highest BCUT2D eigenvalue weighted by molar-refractivity contribution is 4.99. The van der Waals surface area contributed by atoms with Crippen molar-refractivity contribution in [2.45, 2.75) is 54.1 Å². The van der Waals surface area contributed by atoms with Crippen LogP contribution in [0.5, 0.6) is 0 Å². The van der Waals surface area contributed by atoms with Gasteiger partial charge in [0.25, 0.3) is 0 Å². The average Bonchev–Trinajstić information content (AvgIpc) is 1.95. The molecule has 0 amide bonds. The van der Waals surface area contributed by atoms with Gasteiger partial charge in [0.2, 0.25) is 0 Å². The molecule has 0 rings (SSSR count). The Labute approximate surface area is 88.7 Å². The van der Waals surface area contributed by atoms with Crippen LogP contribution in [0.2, 0.25) is 0 Å². The molecule has 0 fully saturated rings. The van der Waals surface area contributed by atoms with Gasteiger partial charge in [-0.1, -0.05) is 41.5 Å². The van der Waals surface area contributed by atoms with Crippen LogP contribution in [0.25, 0.3) is 0 Å². The van der Waals surface area contributed by atoms with Crippen molar-refractivity contribution >= 4 is 0 Å². The van der Waals surface area contributed by atoms with Crippen molar-refractivity contribution < 1.29 is 9.84 Å². The summed E-state index contributed by atoms with van der Waals surface area (Å²) >= 11 is 0.